The molecular formula is C11H11FN3O+. The van der Waals surface area contributed by atoms with Crippen molar-refractivity contribution in [2.24, 2.45) is 5.73 Å². The number of likely N-dealkylation sites (N-methyl/N-ethyl adjacent to an activating group) is 1. The molecule has 0 bridgehead atoms. The average Bonchev–Trinajstić information content (AvgIpc) is 2.48. The van der Waals surface area contributed by atoms with E-state index in [4.69, 9.17) is 5.73 Å². The summed E-state index contributed by atoms with van der Waals surface area (Å²) in [5.41, 5.74) is 6.72. The van der Waals surface area contributed by atoms with Crippen LogP contribution in [-0.2, 0) is 4.79 Å². The first-order chi connectivity index (χ1) is 7.58. The number of rotatable bonds is 1. The second-order valence-electron chi connectivity index (χ2n) is 3.48. The fourth-order valence-electron chi connectivity index (χ4n) is 1.43. The van der Waals surface area contributed by atoms with Crippen LogP contribution in [0.25, 0.3) is 6.08 Å². The van der Waals surface area contributed by atoms with Crippen molar-refractivity contribution in [3.63, 3.8) is 0 Å². The van der Waals surface area contributed by atoms with Gasteiger partial charge in [0.2, 0.25) is 0 Å². The first kappa shape index (κ1) is 10.4. The summed E-state index contributed by atoms with van der Waals surface area (Å²) >= 11 is 0. The minimum Gasteiger partial charge on any atom is -0.290 e. The van der Waals surface area contributed by atoms with Crippen LogP contribution < -0.4 is 11.1 Å². The number of carbonyl (C=O) groups excluding carboxylic acids is 1. The number of hydrogen-bond donors (Lipinski definition) is 2. The molecule has 0 spiro atoms. The second kappa shape index (κ2) is 3.77. The molecule has 0 aliphatic carbocycles. The Kier molecular flexibility index (Phi) is 2.44. The van der Waals surface area contributed by atoms with Crippen LogP contribution >= 0.6 is 0 Å². The number of nitrogens with one attached hydrogen (secondary N) is 1. The number of hydrogen-bond acceptors (Lipinski definition) is 2. The smallest absolute Gasteiger partial charge is 0.290 e. The number of nitrogens with two attached hydrogens (primary N) is 1. The van der Waals surface area contributed by atoms with Gasteiger partial charge in [-0.05, 0) is 23.8 Å². The quantitative estimate of drug-likeness (QED) is 0.526. The summed E-state index contributed by atoms with van der Waals surface area (Å²) in [6.07, 6.45) is 1.65. The third kappa shape index (κ3) is 1.79. The van der Waals surface area contributed by atoms with Gasteiger partial charge in [0.05, 0.1) is 7.05 Å². The Bertz CT molecular complexity index is 502. The molecule has 2 rings (SSSR count). The zero-order valence-corrected chi connectivity index (χ0v) is 8.70. The Labute approximate surface area is 91.9 Å². The van der Waals surface area contributed by atoms with E-state index in [1.165, 1.54) is 12.1 Å². The molecule has 0 unspecified atom stereocenters. The van der Waals surface area contributed by atoms with Crippen molar-refractivity contribution >= 4 is 17.9 Å². The molecule has 1 heterocycles. The summed E-state index contributed by atoms with van der Waals surface area (Å²) in [6, 6.07) is 5.87. The molecule has 0 saturated carbocycles. The summed E-state index contributed by atoms with van der Waals surface area (Å²) in [4.78, 5) is 11.5. The molecule has 16 heavy (non-hydrogen) atoms. The fourth-order valence-corrected chi connectivity index (χ4v) is 1.43. The Balaban J connectivity index is 2.38. The molecule has 82 valence electrons. The zero-order chi connectivity index (χ0) is 11.7. The Morgan fingerprint density at radius 1 is 1.38 bits per heavy atom. The van der Waals surface area contributed by atoms with Crippen molar-refractivity contribution in [2.45, 2.75) is 0 Å². The van der Waals surface area contributed by atoms with E-state index in [1.807, 2.05) is 0 Å². The molecule has 1 aliphatic heterocycles. The predicted molar refractivity (Wildman–Crippen MR) is 57.9 cm³/mol. The molecule has 5 heteroatoms. The minimum absolute atomic E-state index is 0.260. The Hall–Kier alpha value is -2.17. The van der Waals surface area contributed by atoms with Gasteiger partial charge < -0.3 is 0 Å². The molecule has 1 aromatic carbocycles. The second-order valence-corrected chi connectivity index (χ2v) is 3.48. The molecule has 4 nitrogen and oxygen atoms in total. The molecule has 1 aromatic rings. The van der Waals surface area contributed by atoms with Crippen LogP contribution in [0.5, 0.6) is 0 Å². The maximum atomic E-state index is 12.7. The van der Waals surface area contributed by atoms with Crippen LogP contribution in [-0.4, -0.2) is 23.5 Å². The minimum atomic E-state index is -0.308. The van der Waals surface area contributed by atoms with E-state index in [1.54, 1.807) is 29.8 Å². The standard InChI is InChI=1S/C11H10FN3O/c1-15-9(10(16)14-11(15)13)6-7-2-4-8(12)5-3-7/h2-6H,1H3,(H2,13,14,16)/p+1/b9-6-. The first-order valence-electron chi connectivity index (χ1n) is 4.72. The lowest BCUT2D eigenvalue weighted by Gasteiger charge is -1.96. The van der Waals surface area contributed by atoms with Gasteiger partial charge in [-0.3, -0.25) is 5.73 Å². The van der Waals surface area contributed by atoms with E-state index in [0.29, 0.717) is 11.7 Å². The topological polar surface area (TPSA) is 58.1 Å². The predicted octanol–water partition coefficient (Wildman–Crippen LogP) is 0.253. The van der Waals surface area contributed by atoms with Gasteiger partial charge in [0.25, 0.3) is 0 Å². The summed E-state index contributed by atoms with van der Waals surface area (Å²) in [5, 5.41) is 2.49. The maximum absolute atomic E-state index is 12.7. The first-order valence-corrected chi connectivity index (χ1v) is 4.72. The molecule has 0 atom stereocenters. The monoisotopic (exact) mass is 220 g/mol. The van der Waals surface area contributed by atoms with Crippen LogP contribution in [0, 0.1) is 5.82 Å². The van der Waals surface area contributed by atoms with Crippen molar-refractivity contribution in [1.29, 1.82) is 0 Å². The molecular weight excluding hydrogens is 209 g/mol. The summed E-state index contributed by atoms with van der Waals surface area (Å²) in [5.74, 6) is -0.278. The molecule has 0 radical (unpaired) electrons. The molecule has 3 N–H and O–H groups in total. The van der Waals surface area contributed by atoms with Gasteiger partial charge in [0.1, 0.15) is 5.82 Å². The van der Waals surface area contributed by atoms with Gasteiger partial charge in [-0.2, -0.15) is 0 Å². The van der Waals surface area contributed by atoms with Crippen molar-refractivity contribution in [2.75, 3.05) is 7.05 Å². The van der Waals surface area contributed by atoms with Gasteiger partial charge in [-0.1, -0.05) is 12.1 Å². The summed E-state index contributed by atoms with van der Waals surface area (Å²) in [6.45, 7) is 0. The SMILES string of the molecule is C[N+]1=C(N)NC(=O)/C1=C/c1ccc(F)cc1. The van der Waals surface area contributed by atoms with E-state index in [2.05, 4.69) is 5.32 Å². The van der Waals surface area contributed by atoms with Gasteiger partial charge in [0.15, 0.2) is 5.70 Å². The van der Waals surface area contributed by atoms with Gasteiger partial charge in [-0.15, -0.1) is 0 Å². The molecule has 1 amide bonds. The van der Waals surface area contributed by atoms with Crippen molar-refractivity contribution in [3.05, 3.63) is 41.3 Å². The van der Waals surface area contributed by atoms with Crippen LogP contribution in [0.15, 0.2) is 30.0 Å². The Morgan fingerprint density at radius 2 is 2.00 bits per heavy atom. The van der Waals surface area contributed by atoms with Crippen LogP contribution in [0.1, 0.15) is 5.56 Å². The highest BCUT2D eigenvalue weighted by Gasteiger charge is 2.28. The fraction of sp³-hybridized carbons (Fsp3) is 0.0909. The van der Waals surface area contributed by atoms with E-state index >= 15 is 0 Å². The molecule has 0 saturated heterocycles. The summed E-state index contributed by atoms with van der Waals surface area (Å²) in [7, 11) is 1.68. The number of carbonyl (C=O) groups is 1. The van der Waals surface area contributed by atoms with Crippen molar-refractivity contribution in [3.8, 4) is 0 Å². The van der Waals surface area contributed by atoms with Gasteiger partial charge in [0, 0.05) is 0 Å². The third-order valence-corrected chi connectivity index (χ3v) is 2.37. The lowest BCUT2D eigenvalue weighted by Crippen LogP contribution is -2.32. The Morgan fingerprint density at radius 3 is 2.50 bits per heavy atom. The lowest BCUT2D eigenvalue weighted by atomic mass is 10.2. The summed E-state index contributed by atoms with van der Waals surface area (Å²) < 4.78 is 14.2. The largest absolute Gasteiger partial charge is 0.356 e. The van der Waals surface area contributed by atoms with Gasteiger partial charge >= 0.3 is 11.9 Å². The number of amides is 1. The highest BCUT2D eigenvalue weighted by atomic mass is 19.1. The third-order valence-electron chi connectivity index (χ3n) is 2.37. The number of benzene rings is 1. The number of halogens is 1. The van der Waals surface area contributed by atoms with Gasteiger partial charge in [-0.25, -0.2) is 19.1 Å². The lowest BCUT2D eigenvalue weighted by molar-refractivity contribution is -0.432. The van der Waals surface area contributed by atoms with Crippen molar-refractivity contribution in [1.82, 2.24) is 5.32 Å². The van der Waals surface area contributed by atoms with Crippen LogP contribution in [0.2, 0.25) is 0 Å². The van der Waals surface area contributed by atoms with E-state index in [9.17, 15) is 9.18 Å². The van der Waals surface area contributed by atoms with Crippen LogP contribution in [0.3, 0.4) is 0 Å². The normalized spacial score (nSPS) is 18.1. The highest BCUT2D eigenvalue weighted by molar-refractivity contribution is 6.08. The van der Waals surface area contributed by atoms with E-state index < -0.39 is 0 Å². The van der Waals surface area contributed by atoms with E-state index in [-0.39, 0.29) is 11.7 Å². The maximum Gasteiger partial charge on any atom is 0.356 e. The molecule has 0 fully saturated rings. The van der Waals surface area contributed by atoms with E-state index in [0.717, 1.165) is 5.56 Å². The van der Waals surface area contributed by atoms with Crippen LogP contribution in [0.4, 0.5) is 4.39 Å². The average molecular weight is 220 g/mol. The number of guanidine groups is 1. The highest BCUT2D eigenvalue weighted by Crippen LogP contribution is 2.10. The zero-order valence-electron chi connectivity index (χ0n) is 8.70. The van der Waals surface area contributed by atoms with Crippen molar-refractivity contribution < 1.29 is 13.8 Å². The molecule has 1 aliphatic rings. The molecule has 0 aromatic heterocycles. The number of nitrogens with zero attached hydrogens (tertiary/aromatic N) is 1.